The smallest absolute Gasteiger partial charge is 0.339 e. The minimum atomic E-state index is -0.574. The number of hydrogen-bond donors (Lipinski definition) is 1. The molecule has 5 heteroatoms. The van der Waals surface area contributed by atoms with E-state index in [0.29, 0.717) is 28.2 Å². The third-order valence-corrected chi connectivity index (χ3v) is 5.28. The van der Waals surface area contributed by atoms with Crippen molar-refractivity contribution in [1.82, 2.24) is 5.32 Å². The van der Waals surface area contributed by atoms with E-state index in [-0.39, 0.29) is 18.6 Å². The Balaban J connectivity index is 1.68. The molecule has 1 amide bonds. The Morgan fingerprint density at radius 1 is 1.07 bits per heavy atom. The number of carbonyl (C=O) groups excluding carboxylic acids is 2. The van der Waals surface area contributed by atoms with Gasteiger partial charge >= 0.3 is 5.97 Å². The number of rotatable bonds is 5. The van der Waals surface area contributed by atoms with Gasteiger partial charge in [0.1, 0.15) is 0 Å². The van der Waals surface area contributed by atoms with Crippen LogP contribution in [0, 0.1) is 17.2 Å². The summed E-state index contributed by atoms with van der Waals surface area (Å²) in [5.41, 5.74) is 2.10. The molecule has 0 heterocycles. The van der Waals surface area contributed by atoms with Gasteiger partial charge in [0, 0.05) is 11.6 Å². The van der Waals surface area contributed by atoms with Gasteiger partial charge in [0.15, 0.2) is 6.61 Å². The molecule has 1 fully saturated rings. The highest BCUT2D eigenvalue weighted by atomic mass is 16.5. The molecule has 1 saturated carbocycles. The molecule has 0 aromatic heterocycles. The van der Waals surface area contributed by atoms with Crippen molar-refractivity contribution >= 4 is 11.9 Å². The van der Waals surface area contributed by atoms with E-state index in [2.05, 4.69) is 18.3 Å². The van der Waals surface area contributed by atoms with Crippen LogP contribution in [0.5, 0.6) is 0 Å². The summed E-state index contributed by atoms with van der Waals surface area (Å²) < 4.78 is 5.27. The predicted molar refractivity (Wildman–Crippen MR) is 106 cm³/mol. The van der Waals surface area contributed by atoms with E-state index in [1.54, 1.807) is 42.5 Å². The third-order valence-electron chi connectivity index (χ3n) is 5.28. The molecule has 0 bridgehead atoms. The van der Waals surface area contributed by atoms with Gasteiger partial charge in [-0.05, 0) is 36.5 Å². The molecule has 5 nitrogen and oxygen atoms in total. The molecular formula is C23H24N2O3. The van der Waals surface area contributed by atoms with Gasteiger partial charge in [-0.2, -0.15) is 5.26 Å². The second-order valence-electron chi connectivity index (χ2n) is 7.21. The third kappa shape index (κ3) is 4.58. The van der Waals surface area contributed by atoms with Crippen molar-refractivity contribution in [3.8, 4) is 17.2 Å². The average Bonchev–Trinajstić information content (AvgIpc) is 2.73. The van der Waals surface area contributed by atoms with Gasteiger partial charge in [-0.15, -0.1) is 0 Å². The number of nitrogens with one attached hydrogen (secondary N) is 1. The van der Waals surface area contributed by atoms with Crippen molar-refractivity contribution in [2.24, 2.45) is 5.92 Å². The molecule has 0 aliphatic heterocycles. The Hall–Kier alpha value is -3.13. The Morgan fingerprint density at radius 2 is 1.75 bits per heavy atom. The van der Waals surface area contributed by atoms with Crippen molar-refractivity contribution in [2.75, 3.05) is 6.61 Å². The predicted octanol–water partition coefficient (Wildman–Crippen LogP) is 4.08. The Kier molecular flexibility index (Phi) is 6.44. The molecule has 1 aliphatic carbocycles. The summed E-state index contributed by atoms with van der Waals surface area (Å²) >= 11 is 0. The second kappa shape index (κ2) is 9.18. The van der Waals surface area contributed by atoms with Crippen LogP contribution < -0.4 is 5.32 Å². The fourth-order valence-electron chi connectivity index (χ4n) is 3.70. The van der Waals surface area contributed by atoms with Crippen LogP contribution in [0.15, 0.2) is 48.5 Å². The first-order valence-corrected chi connectivity index (χ1v) is 9.65. The topological polar surface area (TPSA) is 79.2 Å². The monoisotopic (exact) mass is 376 g/mol. The van der Waals surface area contributed by atoms with Crippen molar-refractivity contribution in [3.05, 3.63) is 59.7 Å². The van der Waals surface area contributed by atoms with Crippen molar-refractivity contribution in [1.29, 1.82) is 5.26 Å². The van der Waals surface area contributed by atoms with E-state index < -0.39 is 5.97 Å². The van der Waals surface area contributed by atoms with Crippen molar-refractivity contribution < 1.29 is 14.3 Å². The molecule has 1 aliphatic rings. The molecule has 0 unspecified atom stereocenters. The average molecular weight is 376 g/mol. The molecule has 0 radical (unpaired) electrons. The number of ether oxygens (including phenoxy) is 1. The van der Waals surface area contributed by atoms with Gasteiger partial charge in [-0.3, -0.25) is 4.79 Å². The zero-order valence-corrected chi connectivity index (χ0v) is 16.0. The number of nitrogens with zero attached hydrogens (tertiary/aromatic N) is 1. The molecule has 2 aromatic rings. The van der Waals surface area contributed by atoms with Gasteiger partial charge in [-0.1, -0.05) is 56.2 Å². The quantitative estimate of drug-likeness (QED) is 0.798. The summed E-state index contributed by atoms with van der Waals surface area (Å²) in [6.45, 7) is 1.83. The van der Waals surface area contributed by atoms with E-state index >= 15 is 0 Å². The summed E-state index contributed by atoms with van der Waals surface area (Å²) in [7, 11) is 0. The fraction of sp³-hybridized carbons (Fsp3) is 0.348. The molecule has 1 N–H and O–H groups in total. The normalized spacial score (nSPS) is 18.7. The first-order valence-electron chi connectivity index (χ1n) is 9.65. The van der Waals surface area contributed by atoms with E-state index in [0.717, 1.165) is 19.3 Å². The van der Waals surface area contributed by atoms with Crippen LogP contribution in [0.3, 0.4) is 0 Å². The van der Waals surface area contributed by atoms with Crippen LogP contribution in [0.4, 0.5) is 0 Å². The lowest BCUT2D eigenvalue weighted by molar-refractivity contribution is -0.125. The van der Waals surface area contributed by atoms with Gasteiger partial charge < -0.3 is 10.1 Å². The maximum absolute atomic E-state index is 12.6. The van der Waals surface area contributed by atoms with Crippen LogP contribution in [-0.2, 0) is 9.53 Å². The Bertz CT molecular complexity index is 901. The Morgan fingerprint density at radius 3 is 2.50 bits per heavy atom. The maximum Gasteiger partial charge on any atom is 0.339 e. The van der Waals surface area contributed by atoms with E-state index in [1.165, 1.54) is 6.42 Å². The lowest BCUT2D eigenvalue weighted by atomic mass is 9.86. The van der Waals surface area contributed by atoms with Crippen LogP contribution in [0.2, 0.25) is 0 Å². The molecule has 144 valence electrons. The van der Waals surface area contributed by atoms with E-state index in [1.807, 2.05) is 6.07 Å². The summed E-state index contributed by atoms with van der Waals surface area (Å²) in [6.07, 6.45) is 4.38. The minimum Gasteiger partial charge on any atom is -0.452 e. The van der Waals surface area contributed by atoms with Crippen LogP contribution in [0.25, 0.3) is 11.1 Å². The molecule has 0 saturated heterocycles. The number of hydrogen-bond acceptors (Lipinski definition) is 4. The largest absolute Gasteiger partial charge is 0.452 e. The lowest BCUT2D eigenvalue weighted by Crippen LogP contribution is -2.42. The van der Waals surface area contributed by atoms with Gasteiger partial charge in [0.2, 0.25) is 0 Å². The summed E-state index contributed by atoms with van der Waals surface area (Å²) in [5.74, 6) is -0.409. The number of nitriles is 1. The molecule has 28 heavy (non-hydrogen) atoms. The standard InChI is InChI=1S/C23H24N2O3/c1-16-8-2-7-13-21(16)25-22(26)15-28-23(27)20-12-6-5-11-19(20)18-10-4-3-9-17(18)14-24/h3-6,9-12,16,21H,2,7-8,13,15H2,1H3,(H,25,26)/t16-,21-/m0/s1. The Labute approximate surface area is 165 Å². The number of carbonyl (C=O) groups is 2. The van der Waals surface area contributed by atoms with Gasteiger partial charge in [0.05, 0.1) is 17.2 Å². The molecule has 3 rings (SSSR count). The van der Waals surface area contributed by atoms with Crippen molar-refractivity contribution in [2.45, 2.75) is 38.6 Å². The SMILES string of the molecule is C[C@H]1CCCC[C@@H]1NC(=O)COC(=O)c1ccccc1-c1ccccc1C#N. The summed E-state index contributed by atoms with van der Waals surface area (Å²) in [6, 6.07) is 16.3. The van der Waals surface area contributed by atoms with E-state index in [9.17, 15) is 14.9 Å². The number of benzene rings is 2. The highest BCUT2D eigenvalue weighted by Gasteiger charge is 2.23. The highest BCUT2D eigenvalue weighted by Crippen LogP contribution is 2.27. The zero-order chi connectivity index (χ0) is 19.9. The molecule has 2 atom stereocenters. The zero-order valence-electron chi connectivity index (χ0n) is 16.0. The first kappa shape index (κ1) is 19.6. The second-order valence-corrected chi connectivity index (χ2v) is 7.21. The van der Waals surface area contributed by atoms with Crippen molar-refractivity contribution in [3.63, 3.8) is 0 Å². The lowest BCUT2D eigenvalue weighted by Gasteiger charge is -2.29. The fourth-order valence-corrected chi connectivity index (χ4v) is 3.70. The number of amides is 1. The molecule has 2 aromatic carbocycles. The van der Waals surface area contributed by atoms with Gasteiger partial charge in [0.25, 0.3) is 5.91 Å². The first-order chi connectivity index (χ1) is 13.6. The van der Waals surface area contributed by atoms with Crippen LogP contribution in [-0.4, -0.2) is 24.5 Å². The summed E-state index contributed by atoms with van der Waals surface area (Å²) in [4.78, 5) is 24.8. The van der Waals surface area contributed by atoms with Gasteiger partial charge in [-0.25, -0.2) is 4.79 Å². The van der Waals surface area contributed by atoms with E-state index in [4.69, 9.17) is 4.74 Å². The summed E-state index contributed by atoms with van der Waals surface area (Å²) in [5, 5.41) is 12.3. The highest BCUT2D eigenvalue weighted by molar-refractivity contribution is 5.98. The number of esters is 1. The van der Waals surface area contributed by atoms with Crippen LogP contribution in [0.1, 0.15) is 48.5 Å². The molecule has 0 spiro atoms. The minimum absolute atomic E-state index is 0.148. The maximum atomic E-state index is 12.6. The molecular weight excluding hydrogens is 352 g/mol. The van der Waals surface area contributed by atoms with Crippen LogP contribution >= 0.6 is 0 Å².